The van der Waals surface area contributed by atoms with E-state index in [0.29, 0.717) is 19.5 Å². The minimum absolute atomic E-state index is 0. The van der Waals surface area contributed by atoms with Crippen LogP contribution < -0.4 is 5.32 Å². The van der Waals surface area contributed by atoms with Crippen molar-refractivity contribution in [1.82, 2.24) is 14.5 Å². The number of sulfonamides is 1. The zero-order valence-electron chi connectivity index (χ0n) is 14.2. The quantitative estimate of drug-likeness (QED) is 0.795. The summed E-state index contributed by atoms with van der Waals surface area (Å²) in [5.41, 5.74) is 0. The number of piperazine rings is 1. The van der Waals surface area contributed by atoms with E-state index in [1.807, 2.05) is 22.4 Å². The average molecular weight is 408 g/mol. The Morgan fingerprint density at radius 3 is 2.72 bits per heavy atom. The Labute approximate surface area is 160 Å². The lowest BCUT2D eigenvalue weighted by Gasteiger charge is -2.35. The van der Waals surface area contributed by atoms with Gasteiger partial charge >= 0.3 is 0 Å². The molecule has 2 saturated heterocycles. The van der Waals surface area contributed by atoms with E-state index in [2.05, 4.69) is 5.32 Å². The molecule has 1 unspecified atom stereocenters. The van der Waals surface area contributed by atoms with E-state index < -0.39 is 10.0 Å². The number of thiophene rings is 1. The van der Waals surface area contributed by atoms with Crippen LogP contribution in [0.15, 0.2) is 17.5 Å². The number of carbonyl (C=O) groups excluding carboxylic acids is 1. The van der Waals surface area contributed by atoms with Crippen molar-refractivity contribution >= 4 is 39.7 Å². The molecule has 2 aliphatic rings. The van der Waals surface area contributed by atoms with E-state index in [1.54, 1.807) is 11.3 Å². The summed E-state index contributed by atoms with van der Waals surface area (Å²) in [5, 5.41) is 5.20. The van der Waals surface area contributed by atoms with E-state index in [1.165, 1.54) is 4.31 Å². The van der Waals surface area contributed by atoms with Gasteiger partial charge in [0.15, 0.2) is 0 Å². The van der Waals surface area contributed by atoms with Crippen LogP contribution in [-0.4, -0.2) is 68.6 Å². The summed E-state index contributed by atoms with van der Waals surface area (Å²) in [6, 6.07) is 3.91. The van der Waals surface area contributed by atoms with Gasteiger partial charge in [0.1, 0.15) is 0 Å². The molecular weight excluding hydrogens is 382 g/mol. The molecule has 0 spiro atoms. The third-order valence-corrected chi connectivity index (χ3v) is 7.52. The van der Waals surface area contributed by atoms with Gasteiger partial charge in [-0.3, -0.25) is 4.79 Å². The van der Waals surface area contributed by atoms with Crippen LogP contribution in [0.25, 0.3) is 0 Å². The van der Waals surface area contributed by atoms with Crippen molar-refractivity contribution in [2.24, 2.45) is 5.92 Å². The van der Waals surface area contributed by atoms with Crippen LogP contribution in [0.2, 0.25) is 0 Å². The van der Waals surface area contributed by atoms with Gasteiger partial charge in [0, 0.05) is 44.1 Å². The zero-order chi connectivity index (χ0) is 17.0. The topological polar surface area (TPSA) is 69.7 Å². The maximum atomic E-state index is 12.6. The minimum Gasteiger partial charge on any atom is -0.340 e. The summed E-state index contributed by atoms with van der Waals surface area (Å²) >= 11 is 1.58. The Bertz CT molecular complexity index is 646. The molecule has 142 valence electrons. The molecule has 3 heterocycles. The lowest BCUT2D eigenvalue weighted by molar-refractivity contribution is -0.137. The molecule has 1 atom stereocenters. The monoisotopic (exact) mass is 407 g/mol. The lowest BCUT2D eigenvalue weighted by atomic mass is 9.98. The second kappa shape index (κ2) is 9.32. The van der Waals surface area contributed by atoms with Gasteiger partial charge in [-0.1, -0.05) is 6.07 Å². The molecule has 0 radical (unpaired) electrons. The fourth-order valence-corrected chi connectivity index (χ4v) is 5.74. The van der Waals surface area contributed by atoms with Gasteiger partial charge in [0.25, 0.3) is 0 Å². The molecule has 2 fully saturated rings. The van der Waals surface area contributed by atoms with Gasteiger partial charge in [0.2, 0.25) is 15.9 Å². The van der Waals surface area contributed by atoms with Crippen molar-refractivity contribution in [3.05, 3.63) is 22.4 Å². The Balaban J connectivity index is 0.00000225. The first-order valence-electron chi connectivity index (χ1n) is 8.56. The minimum atomic E-state index is -3.30. The summed E-state index contributed by atoms with van der Waals surface area (Å²) in [6.07, 6.45) is 2.10. The highest BCUT2D eigenvalue weighted by Crippen LogP contribution is 2.22. The number of hydrogen-bond donors (Lipinski definition) is 1. The number of nitrogens with one attached hydrogen (secondary N) is 1. The van der Waals surface area contributed by atoms with Crippen LogP contribution in [0.5, 0.6) is 0 Å². The fraction of sp³-hybridized carbons (Fsp3) is 0.688. The summed E-state index contributed by atoms with van der Waals surface area (Å²) < 4.78 is 26.8. The highest BCUT2D eigenvalue weighted by atomic mass is 35.5. The Hall–Kier alpha value is -0.670. The predicted molar refractivity (Wildman–Crippen MR) is 103 cm³/mol. The number of nitrogens with zero attached hydrogens (tertiary/aromatic N) is 2. The number of halogens is 1. The van der Waals surface area contributed by atoms with Crippen molar-refractivity contribution in [2.45, 2.75) is 19.3 Å². The molecule has 3 rings (SSSR count). The lowest BCUT2D eigenvalue weighted by Crippen LogP contribution is -2.52. The van der Waals surface area contributed by atoms with E-state index in [0.717, 1.165) is 43.9 Å². The Kier molecular flexibility index (Phi) is 7.69. The molecule has 0 bridgehead atoms. The van der Waals surface area contributed by atoms with Gasteiger partial charge in [-0.05, 0) is 30.7 Å². The summed E-state index contributed by atoms with van der Waals surface area (Å²) in [6.45, 7) is 3.97. The first-order chi connectivity index (χ1) is 11.6. The van der Waals surface area contributed by atoms with Crippen LogP contribution in [0.1, 0.15) is 17.7 Å². The largest absolute Gasteiger partial charge is 0.340 e. The van der Waals surface area contributed by atoms with Crippen LogP contribution >= 0.6 is 23.7 Å². The molecule has 1 amide bonds. The number of rotatable bonds is 5. The molecule has 0 saturated carbocycles. The predicted octanol–water partition coefficient (Wildman–Crippen LogP) is 1.19. The van der Waals surface area contributed by atoms with Crippen molar-refractivity contribution in [2.75, 3.05) is 45.0 Å². The summed E-state index contributed by atoms with van der Waals surface area (Å²) in [4.78, 5) is 15.6. The van der Waals surface area contributed by atoms with Crippen molar-refractivity contribution in [1.29, 1.82) is 0 Å². The van der Waals surface area contributed by atoms with Crippen LogP contribution in [0.4, 0.5) is 0 Å². The second-order valence-electron chi connectivity index (χ2n) is 6.42. The maximum absolute atomic E-state index is 12.6. The fourth-order valence-electron chi connectivity index (χ4n) is 3.35. The van der Waals surface area contributed by atoms with Crippen LogP contribution in [0.3, 0.4) is 0 Å². The van der Waals surface area contributed by atoms with Crippen molar-refractivity contribution in [3.63, 3.8) is 0 Å². The Morgan fingerprint density at radius 2 is 2.04 bits per heavy atom. The number of aryl methyl sites for hydroxylation is 1. The third kappa shape index (κ3) is 5.40. The highest BCUT2D eigenvalue weighted by Gasteiger charge is 2.34. The van der Waals surface area contributed by atoms with Crippen molar-refractivity contribution < 1.29 is 13.2 Å². The molecule has 1 aromatic rings. The molecular formula is C16H26ClN3O3S2. The molecule has 9 heteroatoms. The third-order valence-electron chi connectivity index (χ3n) is 4.74. The molecule has 6 nitrogen and oxygen atoms in total. The molecule has 0 aromatic carbocycles. The second-order valence-corrected chi connectivity index (χ2v) is 9.54. The van der Waals surface area contributed by atoms with E-state index >= 15 is 0 Å². The van der Waals surface area contributed by atoms with Gasteiger partial charge < -0.3 is 10.2 Å². The van der Waals surface area contributed by atoms with Crippen LogP contribution in [-0.2, 0) is 21.2 Å². The average Bonchev–Trinajstić information content (AvgIpc) is 3.14. The smallest absolute Gasteiger partial charge is 0.227 e. The van der Waals surface area contributed by atoms with Crippen molar-refractivity contribution in [3.8, 4) is 0 Å². The molecule has 0 aliphatic carbocycles. The molecule has 1 N–H and O–H groups in total. The van der Waals surface area contributed by atoms with E-state index in [-0.39, 0.29) is 30.0 Å². The molecule has 25 heavy (non-hydrogen) atoms. The standard InChI is InChI=1S/C16H25N3O3S2.ClH/c20-16(18-9-6-17-7-10-18)14-3-1-8-19(13-14)24(21,22)12-5-15-4-2-11-23-15;/h2,4,11,14,17H,1,3,5-10,12-13H2;1H. The van der Waals surface area contributed by atoms with Gasteiger partial charge in [-0.15, -0.1) is 23.7 Å². The molecule has 1 aromatic heterocycles. The zero-order valence-corrected chi connectivity index (χ0v) is 16.7. The number of hydrogen-bond acceptors (Lipinski definition) is 5. The van der Waals surface area contributed by atoms with E-state index in [9.17, 15) is 13.2 Å². The SMILES string of the molecule is Cl.O=C(C1CCCN(S(=O)(=O)CCc2cccs2)C1)N1CCNCC1. The summed E-state index contributed by atoms with van der Waals surface area (Å²) in [5.74, 6) is 0.0604. The van der Waals surface area contributed by atoms with E-state index in [4.69, 9.17) is 0 Å². The van der Waals surface area contributed by atoms with Crippen LogP contribution in [0, 0.1) is 5.92 Å². The molecule has 2 aliphatic heterocycles. The van der Waals surface area contributed by atoms with Gasteiger partial charge in [0.05, 0.1) is 11.7 Å². The maximum Gasteiger partial charge on any atom is 0.227 e. The van der Waals surface area contributed by atoms with Gasteiger partial charge in [-0.25, -0.2) is 12.7 Å². The number of piperidine rings is 1. The number of amides is 1. The first-order valence-corrected chi connectivity index (χ1v) is 11.0. The highest BCUT2D eigenvalue weighted by molar-refractivity contribution is 7.89. The Morgan fingerprint density at radius 1 is 1.28 bits per heavy atom. The summed E-state index contributed by atoms with van der Waals surface area (Å²) in [7, 11) is -3.30. The first kappa shape index (κ1) is 20.6. The number of carbonyl (C=O) groups is 1. The normalized spacial score (nSPS) is 22.4. The van der Waals surface area contributed by atoms with Gasteiger partial charge in [-0.2, -0.15) is 0 Å².